The average Bonchev–Trinajstić information content (AvgIpc) is 2.73. The molecule has 0 unspecified atom stereocenters. The zero-order chi connectivity index (χ0) is 20.3. The molecule has 1 aliphatic rings. The zero-order valence-corrected chi connectivity index (χ0v) is 15.9. The second-order valence-electron chi connectivity index (χ2n) is 6.57. The lowest BCUT2D eigenvalue weighted by molar-refractivity contribution is 0.0595. The molecule has 1 aliphatic heterocycles. The summed E-state index contributed by atoms with van der Waals surface area (Å²) in [5, 5.41) is 0. The molecular weight excluding hydrogens is 366 g/mol. The Morgan fingerprint density at radius 3 is 2.39 bits per heavy atom. The SMILES string of the molecule is CCc1cccc(C(=O)N2CCN(c3ccc(F)c(C(=O)OC)c3)CC2)c1F. The molecule has 7 heteroatoms. The monoisotopic (exact) mass is 388 g/mol. The topological polar surface area (TPSA) is 49.9 Å². The summed E-state index contributed by atoms with van der Waals surface area (Å²) in [6, 6.07) is 9.14. The molecule has 2 aromatic carbocycles. The van der Waals surface area contributed by atoms with Crippen molar-refractivity contribution in [3.05, 3.63) is 64.7 Å². The van der Waals surface area contributed by atoms with Gasteiger partial charge >= 0.3 is 5.97 Å². The minimum Gasteiger partial charge on any atom is -0.465 e. The van der Waals surface area contributed by atoms with Gasteiger partial charge < -0.3 is 14.5 Å². The Hall–Kier alpha value is -2.96. The van der Waals surface area contributed by atoms with E-state index in [0.29, 0.717) is 43.9 Å². The molecule has 3 rings (SSSR count). The third-order valence-electron chi connectivity index (χ3n) is 4.98. The van der Waals surface area contributed by atoms with E-state index in [9.17, 15) is 18.4 Å². The maximum atomic E-state index is 14.5. The van der Waals surface area contributed by atoms with Crippen LogP contribution >= 0.6 is 0 Å². The smallest absolute Gasteiger partial charge is 0.340 e. The van der Waals surface area contributed by atoms with E-state index in [1.54, 1.807) is 23.1 Å². The van der Waals surface area contributed by atoms with Gasteiger partial charge in [0.05, 0.1) is 18.2 Å². The molecule has 0 bridgehead atoms. The van der Waals surface area contributed by atoms with Gasteiger partial charge in [-0.2, -0.15) is 0 Å². The van der Waals surface area contributed by atoms with E-state index < -0.39 is 17.6 Å². The number of rotatable bonds is 4. The Labute approximate surface area is 162 Å². The van der Waals surface area contributed by atoms with Crippen LogP contribution < -0.4 is 4.90 Å². The number of benzene rings is 2. The Balaban J connectivity index is 1.71. The summed E-state index contributed by atoms with van der Waals surface area (Å²) in [5.74, 6) is -2.17. The summed E-state index contributed by atoms with van der Waals surface area (Å²) in [6.07, 6.45) is 0.522. The minimum atomic E-state index is -0.737. The molecule has 28 heavy (non-hydrogen) atoms. The Morgan fingerprint density at radius 1 is 1.04 bits per heavy atom. The third kappa shape index (κ3) is 3.83. The number of hydrogen-bond donors (Lipinski definition) is 0. The van der Waals surface area contributed by atoms with E-state index in [0.717, 1.165) is 0 Å². The Morgan fingerprint density at radius 2 is 1.75 bits per heavy atom. The molecule has 5 nitrogen and oxygen atoms in total. The first-order valence-electron chi connectivity index (χ1n) is 9.15. The first kappa shape index (κ1) is 19.8. The lowest BCUT2D eigenvalue weighted by atomic mass is 10.1. The predicted octanol–water partition coefficient (Wildman–Crippen LogP) is 3.28. The fourth-order valence-electron chi connectivity index (χ4n) is 3.33. The van der Waals surface area contributed by atoms with Gasteiger partial charge in [0.25, 0.3) is 5.91 Å². The lowest BCUT2D eigenvalue weighted by Crippen LogP contribution is -2.49. The van der Waals surface area contributed by atoms with Crippen molar-refractivity contribution in [3.63, 3.8) is 0 Å². The van der Waals surface area contributed by atoms with Crippen LogP contribution in [-0.4, -0.2) is 50.1 Å². The third-order valence-corrected chi connectivity index (χ3v) is 4.98. The fraction of sp³-hybridized carbons (Fsp3) is 0.333. The van der Waals surface area contributed by atoms with E-state index in [2.05, 4.69) is 4.74 Å². The highest BCUT2D eigenvalue weighted by atomic mass is 19.1. The van der Waals surface area contributed by atoms with Gasteiger partial charge in [-0.3, -0.25) is 4.79 Å². The number of carbonyl (C=O) groups is 2. The van der Waals surface area contributed by atoms with Crippen molar-refractivity contribution < 1.29 is 23.1 Å². The molecule has 1 amide bonds. The fourth-order valence-corrected chi connectivity index (χ4v) is 3.33. The number of carbonyl (C=O) groups excluding carboxylic acids is 2. The van der Waals surface area contributed by atoms with Crippen LogP contribution in [0.25, 0.3) is 0 Å². The molecule has 1 fully saturated rings. The molecule has 0 spiro atoms. The number of amides is 1. The highest BCUT2D eigenvalue weighted by Gasteiger charge is 2.25. The maximum Gasteiger partial charge on any atom is 0.340 e. The number of anilines is 1. The van der Waals surface area contributed by atoms with Crippen LogP contribution in [0.15, 0.2) is 36.4 Å². The second kappa shape index (κ2) is 8.37. The molecular formula is C21H22F2N2O3. The zero-order valence-electron chi connectivity index (χ0n) is 15.9. The Bertz CT molecular complexity index is 893. The van der Waals surface area contributed by atoms with Gasteiger partial charge in [0, 0.05) is 31.9 Å². The lowest BCUT2D eigenvalue weighted by Gasteiger charge is -2.36. The molecule has 148 valence electrons. The molecule has 0 aliphatic carbocycles. The number of halogens is 2. The highest BCUT2D eigenvalue weighted by Crippen LogP contribution is 2.22. The molecule has 1 saturated heterocycles. The standard InChI is InChI=1S/C21H22F2N2O3/c1-3-14-5-4-6-16(19(14)23)20(26)25-11-9-24(10-12-25)15-7-8-18(22)17(13-15)21(27)28-2/h4-8,13H,3,9-12H2,1-2H3. The van der Waals surface area contributed by atoms with Crippen LogP contribution in [0.1, 0.15) is 33.2 Å². The average molecular weight is 388 g/mol. The van der Waals surface area contributed by atoms with E-state index >= 15 is 0 Å². The summed E-state index contributed by atoms with van der Waals surface area (Å²) < 4.78 is 32.9. The van der Waals surface area contributed by atoms with E-state index in [1.165, 1.54) is 25.3 Å². The molecule has 0 saturated carbocycles. The van der Waals surface area contributed by atoms with E-state index in [1.807, 2.05) is 11.8 Å². The number of ether oxygens (including phenoxy) is 1. The van der Waals surface area contributed by atoms with Crippen molar-refractivity contribution in [2.75, 3.05) is 38.2 Å². The number of esters is 1. The van der Waals surface area contributed by atoms with Crippen molar-refractivity contribution in [1.82, 2.24) is 4.90 Å². The van der Waals surface area contributed by atoms with Gasteiger partial charge in [-0.25, -0.2) is 13.6 Å². The van der Waals surface area contributed by atoms with Crippen molar-refractivity contribution in [2.24, 2.45) is 0 Å². The first-order valence-corrected chi connectivity index (χ1v) is 9.15. The molecule has 2 aromatic rings. The van der Waals surface area contributed by atoms with Crippen LogP contribution in [0, 0.1) is 11.6 Å². The van der Waals surface area contributed by atoms with Crippen LogP contribution in [0.4, 0.5) is 14.5 Å². The van der Waals surface area contributed by atoms with Gasteiger partial charge in [-0.1, -0.05) is 19.1 Å². The predicted molar refractivity (Wildman–Crippen MR) is 102 cm³/mol. The minimum absolute atomic E-state index is 0.0857. The van der Waals surface area contributed by atoms with Gasteiger partial charge in [0.2, 0.25) is 0 Å². The number of methoxy groups -OCH3 is 1. The van der Waals surface area contributed by atoms with Crippen molar-refractivity contribution in [3.8, 4) is 0 Å². The molecule has 1 heterocycles. The van der Waals surface area contributed by atoms with Gasteiger partial charge in [-0.05, 0) is 36.2 Å². The van der Waals surface area contributed by atoms with Gasteiger partial charge in [-0.15, -0.1) is 0 Å². The van der Waals surface area contributed by atoms with Gasteiger partial charge in [0.1, 0.15) is 11.6 Å². The summed E-state index contributed by atoms with van der Waals surface area (Å²) in [5.41, 5.74) is 1.15. The normalized spacial score (nSPS) is 14.1. The molecule has 0 radical (unpaired) electrons. The van der Waals surface area contributed by atoms with Crippen LogP contribution in [0.5, 0.6) is 0 Å². The molecule has 0 aromatic heterocycles. The summed E-state index contributed by atoms with van der Waals surface area (Å²) in [7, 11) is 1.20. The van der Waals surface area contributed by atoms with Crippen molar-refractivity contribution in [2.45, 2.75) is 13.3 Å². The van der Waals surface area contributed by atoms with Crippen molar-refractivity contribution in [1.29, 1.82) is 0 Å². The maximum absolute atomic E-state index is 14.5. The highest BCUT2D eigenvalue weighted by molar-refractivity contribution is 5.95. The summed E-state index contributed by atoms with van der Waals surface area (Å²) in [6.45, 7) is 3.63. The van der Waals surface area contributed by atoms with Crippen LogP contribution in [-0.2, 0) is 11.2 Å². The number of piperazine rings is 1. The number of hydrogen-bond acceptors (Lipinski definition) is 4. The van der Waals surface area contributed by atoms with Crippen LogP contribution in [0.3, 0.4) is 0 Å². The number of aryl methyl sites for hydroxylation is 1. The van der Waals surface area contributed by atoms with Crippen molar-refractivity contribution >= 4 is 17.6 Å². The number of nitrogens with zero attached hydrogens (tertiary/aromatic N) is 2. The summed E-state index contributed by atoms with van der Waals surface area (Å²) >= 11 is 0. The first-order chi connectivity index (χ1) is 13.5. The second-order valence-corrected chi connectivity index (χ2v) is 6.57. The summed E-state index contributed by atoms with van der Waals surface area (Å²) in [4.78, 5) is 28.0. The Kier molecular flexibility index (Phi) is 5.92. The van der Waals surface area contributed by atoms with Crippen LogP contribution in [0.2, 0.25) is 0 Å². The largest absolute Gasteiger partial charge is 0.465 e. The van der Waals surface area contributed by atoms with E-state index in [-0.39, 0.29) is 17.0 Å². The molecule has 0 atom stereocenters. The van der Waals surface area contributed by atoms with Gasteiger partial charge in [0.15, 0.2) is 0 Å². The van der Waals surface area contributed by atoms with E-state index in [4.69, 9.17) is 0 Å². The quantitative estimate of drug-likeness (QED) is 0.755. The molecule has 0 N–H and O–H groups in total.